The van der Waals surface area contributed by atoms with Crippen molar-refractivity contribution in [1.29, 1.82) is 0 Å². The Morgan fingerprint density at radius 2 is 2.00 bits per heavy atom. The van der Waals surface area contributed by atoms with Crippen LogP contribution in [0.5, 0.6) is 0 Å². The van der Waals surface area contributed by atoms with E-state index in [-0.39, 0.29) is 19.0 Å². The summed E-state index contributed by atoms with van der Waals surface area (Å²) in [4.78, 5) is 29.9. The Morgan fingerprint density at radius 3 is 2.62 bits per heavy atom. The predicted octanol–water partition coefficient (Wildman–Crippen LogP) is 1.88. The topological polar surface area (TPSA) is 53.5 Å². The molecule has 1 aromatic heterocycles. The molecule has 1 atom stereocenters. The van der Waals surface area contributed by atoms with Crippen molar-refractivity contribution in [3.8, 4) is 0 Å². The number of pyridine rings is 1. The van der Waals surface area contributed by atoms with Crippen molar-refractivity contribution in [1.82, 2.24) is 14.8 Å². The van der Waals surface area contributed by atoms with Gasteiger partial charge in [-0.25, -0.2) is 0 Å². The van der Waals surface area contributed by atoms with E-state index in [9.17, 15) is 22.8 Å². The monoisotopic (exact) mass is 343 g/mol. The number of nitrogens with zero attached hydrogens (tertiary/aromatic N) is 3. The van der Waals surface area contributed by atoms with Gasteiger partial charge in [-0.1, -0.05) is 0 Å². The van der Waals surface area contributed by atoms with Gasteiger partial charge >= 0.3 is 12.1 Å². The van der Waals surface area contributed by atoms with Gasteiger partial charge in [-0.3, -0.25) is 14.6 Å². The molecule has 1 unspecified atom stereocenters. The van der Waals surface area contributed by atoms with E-state index in [0.29, 0.717) is 25.8 Å². The largest absolute Gasteiger partial charge is 0.471 e. The van der Waals surface area contributed by atoms with Crippen molar-refractivity contribution in [2.75, 3.05) is 26.7 Å². The van der Waals surface area contributed by atoms with Crippen LogP contribution in [0.3, 0.4) is 0 Å². The number of hydrogen-bond donors (Lipinski definition) is 0. The number of aromatic nitrogens is 1. The lowest BCUT2D eigenvalue weighted by atomic mass is 9.96. The number of carbonyl (C=O) groups is 2. The molecule has 2 rings (SSSR count). The summed E-state index contributed by atoms with van der Waals surface area (Å²) in [5, 5.41) is 0. The van der Waals surface area contributed by atoms with Gasteiger partial charge in [0.05, 0.1) is 5.92 Å². The number of halogens is 3. The van der Waals surface area contributed by atoms with Crippen LogP contribution < -0.4 is 0 Å². The van der Waals surface area contributed by atoms with E-state index in [1.807, 2.05) is 12.1 Å². The number of piperidine rings is 1. The highest BCUT2D eigenvalue weighted by molar-refractivity contribution is 5.84. The Morgan fingerprint density at radius 1 is 1.33 bits per heavy atom. The highest BCUT2D eigenvalue weighted by atomic mass is 19.4. The number of likely N-dealkylation sites (N-methyl/N-ethyl adjacent to an activating group) is 1. The van der Waals surface area contributed by atoms with Crippen molar-refractivity contribution in [3.05, 3.63) is 30.1 Å². The zero-order valence-corrected chi connectivity index (χ0v) is 13.4. The van der Waals surface area contributed by atoms with E-state index in [4.69, 9.17) is 0 Å². The van der Waals surface area contributed by atoms with Gasteiger partial charge in [0, 0.05) is 39.1 Å². The SMILES string of the molecule is CN(CCc1ccncc1)C(=O)C1CCCN(C(=O)C(F)(F)F)C1. The summed E-state index contributed by atoms with van der Waals surface area (Å²) in [6, 6.07) is 3.70. The molecular weight excluding hydrogens is 323 g/mol. The molecule has 1 fully saturated rings. The fourth-order valence-corrected chi connectivity index (χ4v) is 2.81. The molecule has 0 N–H and O–H groups in total. The van der Waals surface area contributed by atoms with Crippen molar-refractivity contribution in [3.63, 3.8) is 0 Å². The second kappa shape index (κ2) is 7.63. The molecule has 1 aliphatic rings. The maximum absolute atomic E-state index is 12.5. The number of carbonyl (C=O) groups excluding carboxylic acids is 2. The summed E-state index contributed by atoms with van der Waals surface area (Å²) in [6.07, 6.45) is -0.0187. The van der Waals surface area contributed by atoms with Crippen molar-refractivity contribution >= 4 is 11.8 Å². The smallest absolute Gasteiger partial charge is 0.345 e. The highest BCUT2D eigenvalue weighted by Crippen LogP contribution is 2.24. The minimum Gasteiger partial charge on any atom is -0.345 e. The fourth-order valence-electron chi connectivity index (χ4n) is 2.81. The van der Waals surface area contributed by atoms with Crippen LogP contribution in [0, 0.1) is 5.92 Å². The first-order chi connectivity index (χ1) is 11.3. The molecular formula is C16H20F3N3O2. The Bertz CT molecular complexity index is 578. The molecule has 5 nitrogen and oxygen atoms in total. The summed E-state index contributed by atoms with van der Waals surface area (Å²) in [6.45, 7) is 0.339. The van der Waals surface area contributed by atoms with Crippen molar-refractivity contribution < 1.29 is 22.8 Å². The zero-order valence-electron chi connectivity index (χ0n) is 13.4. The number of alkyl halides is 3. The second-order valence-corrected chi connectivity index (χ2v) is 5.95. The van der Waals surface area contributed by atoms with Gasteiger partial charge < -0.3 is 9.80 Å². The first-order valence-corrected chi connectivity index (χ1v) is 7.79. The Hall–Kier alpha value is -2.12. The molecule has 24 heavy (non-hydrogen) atoms. The van der Waals surface area contributed by atoms with Crippen LogP contribution >= 0.6 is 0 Å². The average molecular weight is 343 g/mol. The molecule has 0 saturated carbocycles. The third kappa shape index (κ3) is 4.69. The van der Waals surface area contributed by atoms with E-state index >= 15 is 0 Å². The molecule has 132 valence electrons. The Labute approximate surface area is 138 Å². The summed E-state index contributed by atoms with van der Waals surface area (Å²) < 4.78 is 37.6. The summed E-state index contributed by atoms with van der Waals surface area (Å²) in [5.41, 5.74) is 1.03. The van der Waals surface area contributed by atoms with Crippen LogP contribution in [0.2, 0.25) is 0 Å². The molecule has 0 bridgehead atoms. The van der Waals surface area contributed by atoms with Crippen LogP contribution in [0.4, 0.5) is 13.2 Å². The van der Waals surface area contributed by atoms with E-state index in [1.54, 1.807) is 19.4 Å². The normalized spacial score (nSPS) is 18.3. The van der Waals surface area contributed by atoms with E-state index in [2.05, 4.69) is 4.98 Å². The number of hydrogen-bond acceptors (Lipinski definition) is 3. The van der Waals surface area contributed by atoms with Gasteiger partial charge in [-0.15, -0.1) is 0 Å². The van der Waals surface area contributed by atoms with Gasteiger partial charge in [0.15, 0.2) is 0 Å². The third-order valence-electron chi connectivity index (χ3n) is 4.16. The number of likely N-dealkylation sites (tertiary alicyclic amines) is 1. The van der Waals surface area contributed by atoms with Crippen LogP contribution in [-0.2, 0) is 16.0 Å². The molecule has 2 amide bonds. The lowest BCUT2D eigenvalue weighted by molar-refractivity contribution is -0.187. The lowest BCUT2D eigenvalue weighted by Gasteiger charge is -2.34. The fraction of sp³-hybridized carbons (Fsp3) is 0.562. The zero-order chi connectivity index (χ0) is 17.7. The molecule has 1 aliphatic heterocycles. The first kappa shape index (κ1) is 18.2. The van der Waals surface area contributed by atoms with Gasteiger partial charge in [-0.05, 0) is 37.0 Å². The summed E-state index contributed by atoms with van der Waals surface area (Å²) >= 11 is 0. The molecule has 2 heterocycles. The minimum absolute atomic E-state index is 0.0445. The maximum Gasteiger partial charge on any atom is 0.471 e. The van der Waals surface area contributed by atoms with Crippen molar-refractivity contribution in [2.24, 2.45) is 5.92 Å². The number of rotatable bonds is 4. The molecule has 0 radical (unpaired) electrons. The van der Waals surface area contributed by atoms with Crippen LogP contribution in [0.1, 0.15) is 18.4 Å². The second-order valence-electron chi connectivity index (χ2n) is 5.95. The molecule has 1 saturated heterocycles. The van der Waals surface area contributed by atoms with Crippen molar-refractivity contribution in [2.45, 2.75) is 25.4 Å². The first-order valence-electron chi connectivity index (χ1n) is 7.79. The lowest BCUT2D eigenvalue weighted by Crippen LogP contribution is -2.49. The molecule has 8 heteroatoms. The van der Waals surface area contributed by atoms with Crippen LogP contribution in [-0.4, -0.2) is 59.5 Å². The highest BCUT2D eigenvalue weighted by Gasteiger charge is 2.44. The predicted molar refractivity (Wildman–Crippen MR) is 80.9 cm³/mol. The van der Waals surface area contributed by atoms with Gasteiger partial charge in [-0.2, -0.15) is 13.2 Å². The minimum atomic E-state index is -4.89. The molecule has 0 aliphatic carbocycles. The average Bonchev–Trinajstić information content (AvgIpc) is 2.58. The Kier molecular flexibility index (Phi) is 5.80. The van der Waals surface area contributed by atoms with E-state index < -0.39 is 18.0 Å². The molecule has 0 aromatic carbocycles. The van der Waals surface area contributed by atoms with Gasteiger partial charge in [0.25, 0.3) is 0 Å². The number of amides is 2. The Balaban J connectivity index is 1.90. The quantitative estimate of drug-likeness (QED) is 0.839. The van der Waals surface area contributed by atoms with Crippen LogP contribution in [0.25, 0.3) is 0 Å². The van der Waals surface area contributed by atoms with E-state index in [0.717, 1.165) is 10.5 Å². The molecule has 1 aromatic rings. The van der Waals surface area contributed by atoms with Crippen LogP contribution in [0.15, 0.2) is 24.5 Å². The maximum atomic E-state index is 12.5. The summed E-state index contributed by atoms with van der Waals surface area (Å²) in [7, 11) is 1.63. The third-order valence-corrected chi connectivity index (χ3v) is 4.16. The summed E-state index contributed by atoms with van der Waals surface area (Å²) in [5.74, 6) is -2.66. The van der Waals surface area contributed by atoms with Gasteiger partial charge in [0.2, 0.25) is 5.91 Å². The van der Waals surface area contributed by atoms with Gasteiger partial charge in [0.1, 0.15) is 0 Å². The van der Waals surface area contributed by atoms with E-state index in [1.165, 1.54) is 4.90 Å². The standard InChI is InChI=1S/C16H20F3N3O2/c1-21(10-6-12-4-7-20-8-5-12)14(23)13-3-2-9-22(11-13)15(24)16(17,18)19/h4-5,7-8,13H,2-3,6,9-11H2,1H3. The molecule has 0 spiro atoms.